The van der Waals surface area contributed by atoms with Crippen molar-refractivity contribution >= 4 is 10.1 Å². The molecule has 4 nitrogen and oxygen atoms in total. The van der Waals surface area contributed by atoms with Gasteiger partial charge in [0, 0.05) is 0 Å². The van der Waals surface area contributed by atoms with E-state index in [2.05, 4.69) is 6.92 Å². The fourth-order valence-corrected chi connectivity index (χ4v) is 3.20. The maximum absolute atomic E-state index is 11.2. The van der Waals surface area contributed by atoms with Crippen LogP contribution < -0.4 is 51.4 Å². The van der Waals surface area contributed by atoms with Gasteiger partial charge in [-0.2, -0.15) is 0 Å². The number of hydrogen-bond donors (Lipinski definition) is 1. The second-order valence-corrected chi connectivity index (χ2v) is 7.00. The molecule has 20 heavy (non-hydrogen) atoms. The summed E-state index contributed by atoms with van der Waals surface area (Å²) in [5.41, 5.74) is 0. The van der Waals surface area contributed by atoms with Gasteiger partial charge in [-0.25, -0.2) is 8.42 Å². The van der Waals surface area contributed by atoms with Gasteiger partial charge in [0.05, 0.1) is 21.5 Å². The van der Waals surface area contributed by atoms with E-state index in [0.29, 0.717) is 12.8 Å². The Morgan fingerprint density at radius 1 is 0.950 bits per heavy atom. The van der Waals surface area contributed by atoms with Crippen molar-refractivity contribution in [1.29, 1.82) is 0 Å². The summed E-state index contributed by atoms with van der Waals surface area (Å²) < 4.78 is 33.5. The van der Waals surface area contributed by atoms with E-state index in [0.717, 1.165) is 25.7 Å². The fourth-order valence-electron chi connectivity index (χ4n) is 2.29. The summed E-state index contributed by atoms with van der Waals surface area (Å²) in [5.74, 6) is 0. The molecule has 1 N–H and O–H groups in total. The Balaban J connectivity index is 0. The maximum Gasteiger partial charge on any atom is 1.00 e. The van der Waals surface area contributed by atoms with E-state index in [1.807, 2.05) is 6.92 Å². The summed E-state index contributed by atoms with van der Waals surface area (Å²) in [4.78, 5) is 0. The van der Waals surface area contributed by atoms with Gasteiger partial charge in [-0.05, 0) is 19.3 Å². The SMILES string of the molecule is CCCCCCCCC(CC(O)CCC)S(=O)(=O)[O-].[K+]. The van der Waals surface area contributed by atoms with Crippen molar-refractivity contribution in [2.75, 3.05) is 0 Å². The van der Waals surface area contributed by atoms with E-state index < -0.39 is 21.5 Å². The molecular formula is C14H29KO4S. The van der Waals surface area contributed by atoms with E-state index >= 15 is 0 Å². The Morgan fingerprint density at radius 3 is 2.00 bits per heavy atom. The fraction of sp³-hybridized carbons (Fsp3) is 1.00. The van der Waals surface area contributed by atoms with Crippen molar-refractivity contribution in [3.05, 3.63) is 0 Å². The van der Waals surface area contributed by atoms with Crippen LogP contribution in [0.1, 0.15) is 78.1 Å². The summed E-state index contributed by atoms with van der Waals surface area (Å²) in [7, 11) is -4.29. The maximum atomic E-state index is 11.2. The number of unbranched alkanes of at least 4 members (excludes halogenated alkanes) is 5. The first kappa shape index (κ1) is 23.8. The van der Waals surface area contributed by atoms with Gasteiger partial charge in [0.1, 0.15) is 0 Å². The third-order valence-electron chi connectivity index (χ3n) is 3.44. The molecule has 0 saturated carbocycles. The molecule has 0 amide bonds. The van der Waals surface area contributed by atoms with Gasteiger partial charge in [-0.1, -0.05) is 58.8 Å². The minimum Gasteiger partial charge on any atom is -0.748 e. The smallest absolute Gasteiger partial charge is 0.748 e. The van der Waals surface area contributed by atoms with Gasteiger partial charge in [-0.3, -0.25) is 0 Å². The third kappa shape index (κ3) is 13.2. The largest absolute Gasteiger partial charge is 1.00 e. The van der Waals surface area contributed by atoms with Gasteiger partial charge < -0.3 is 9.66 Å². The van der Waals surface area contributed by atoms with Crippen LogP contribution in [0.4, 0.5) is 0 Å². The summed E-state index contributed by atoms with van der Waals surface area (Å²) in [6, 6.07) is 0. The zero-order valence-electron chi connectivity index (χ0n) is 13.3. The quantitative estimate of drug-likeness (QED) is 0.315. The Hall–Kier alpha value is 1.51. The first-order valence-corrected chi connectivity index (χ1v) is 9.01. The molecule has 0 rings (SSSR count). The normalized spacial score (nSPS) is 14.6. The Morgan fingerprint density at radius 2 is 1.50 bits per heavy atom. The molecule has 0 saturated heterocycles. The molecule has 2 unspecified atom stereocenters. The summed E-state index contributed by atoms with van der Waals surface area (Å²) >= 11 is 0. The van der Waals surface area contributed by atoms with E-state index in [4.69, 9.17) is 0 Å². The molecule has 116 valence electrons. The molecular weight excluding hydrogens is 303 g/mol. The van der Waals surface area contributed by atoms with Crippen LogP contribution in [0.25, 0.3) is 0 Å². The second-order valence-electron chi connectivity index (χ2n) is 5.35. The molecule has 0 spiro atoms. The van der Waals surface area contributed by atoms with Gasteiger partial charge in [0.2, 0.25) is 0 Å². The molecule has 0 heterocycles. The zero-order chi connectivity index (χ0) is 14.7. The molecule has 0 aromatic carbocycles. The topological polar surface area (TPSA) is 77.4 Å². The molecule has 0 aromatic heterocycles. The average molecular weight is 333 g/mol. The van der Waals surface area contributed by atoms with Gasteiger partial charge >= 0.3 is 51.4 Å². The molecule has 0 radical (unpaired) electrons. The Kier molecular flexibility index (Phi) is 16.8. The summed E-state index contributed by atoms with van der Waals surface area (Å²) in [6.07, 6.45) is 7.54. The zero-order valence-corrected chi connectivity index (χ0v) is 17.2. The van der Waals surface area contributed by atoms with Crippen LogP contribution in [0.2, 0.25) is 0 Å². The average Bonchev–Trinajstić information content (AvgIpc) is 2.31. The van der Waals surface area contributed by atoms with Gasteiger partial charge in [0.15, 0.2) is 0 Å². The molecule has 0 aromatic rings. The van der Waals surface area contributed by atoms with Crippen molar-refractivity contribution in [2.24, 2.45) is 0 Å². The van der Waals surface area contributed by atoms with E-state index in [1.54, 1.807) is 0 Å². The van der Waals surface area contributed by atoms with Crippen LogP contribution in [-0.4, -0.2) is 29.4 Å². The van der Waals surface area contributed by atoms with Crippen molar-refractivity contribution in [3.8, 4) is 0 Å². The molecule has 2 atom stereocenters. The Bertz CT molecular complexity index is 306. The monoisotopic (exact) mass is 332 g/mol. The van der Waals surface area contributed by atoms with Crippen molar-refractivity contribution in [3.63, 3.8) is 0 Å². The van der Waals surface area contributed by atoms with Crippen LogP contribution >= 0.6 is 0 Å². The van der Waals surface area contributed by atoms with Crippen molar-refractivity contribution in [1.82, 2.24) is 0 Å². The minimum atomic E-state index is -4.29. The van der Waals surface area contributed by atoms with Crippen LogP contribution in [0, 0.1) is 0 Å². The van der Waals surface area contributed by atoms with Crippen LogP contribution in [0.15, 0.2) is 0 Å². The van der Waals surface area contributed by atoms with Crippen LogP contribution in [0.5, 0.6) is 0 Å². The van der Waals surface area contributed by atoms with Crippen molar-refractivity contribution < 1.29 is 69.5 Å². The molecule has 0 bridgehead atoms. The molecule has 0 aliphatic rings. The van der Waals surface area contributed by atoms with Crippen LogP contribution in [0.3, 0.4) is 0 Å². The van der Waals surface area contributed by atoms with Gasteiger partial charge in [-0.15, -0.1) is 0 Å². The van der Waals surface area contributed by atoms with E-state index in [1.165, 1.54) is 19.3 Å². The molecule has 0 aliphatic heterocycles. The Labute approximate surface area is 167 Å². The number of aliphatic hydroxyl groups excluding tert-OH is 1. The standard InChI is InChI=1S/C14H30O4S.K/c1-3-5-6-7-8-9-11-14(19(16,17)18)12-13(15)10-4-2;/h13-15H,3-12H2,1-2H3,(H,16,17,18);/q;+1/p-1. The van der Waals surface area contributed by atoms with Gasteiger partial charge in [0.25, 0.3) is 0 Å². The van der Waals surface area contributed by atoms with Crippen LogP contribution in [-0.2, 0) is 10.1 Å². The van der Waals surface area contributed by atoms with E-state index in [9.17, 15) is 18.1 Å². The number of rotatable bonds is 12. The van der Waals surface area contributed by atoms with Crippen molar-refractivity contribution in [2.45, 2.75) is 89.4 Å². The predicted octanol–water partition coefficient (Wildman–Crippen LogP) is 0.206. The molecule has 0 aliphatic carbocycles. The minimum absolute atomic E-state index is 0. The number of hydrogen-bond acceptors (Lipinski definition) is 4. The summed E-state index contributed by atoms with van der Waals surface area (Å²) in [5, 5.41) is 8.74. The predicted molar refractivity (Wildman–Crippen MR) is 77.0 cm³/mol. The summed E-state index contributed by atoms with van der Waals surface area (Å²) in [6.45, 7) is 4.08. The third-order valence-corrected chi connectivity index (χ3v) is 4.69. The molecule has 0 fully saturated rings. The first-order chi connectivity index (χ1) is 8.91. The first-order valence-electron chi connectivity index (χ1n) is 7.54. The molecule has 6 heteroatoms. The van der Waals surface area contributed by atoms with E-state index in [-0.39, 0.29) is 57.8 Å². The second kappa shape index (κ2) is 14.1. The number of aliphatic hydroxyl groups is 1.